The number of methoxy groups -OCH3 is 1. The van der Waals surface area contributed by atoms with Crippen LogP contribution in [0.15, 0.2) is 17.1 Å². The Morgan fingerprint density at radius 1 is 1.67 bits per heavy atom. The van der Waals surface area contributed by atoms with Crippen molar-refractivity contribution in [1.29, 1.82) is 0 Å². The summed E-state index contributed by atoms with van der Waals surface area (Å²) in [5.41, 5.74) is 0. The first-order chi connectivity index (χ1) is 7.20. The minimum atomic E-state index is -0.170. The van der Waals surface area contributed by atoms with Gasteiger partial charge in [0.25, 0.3) is 0 Å². The van der Waals surface area contributed by atoms with Crippen molar-refractivity contribution in [3.05, 3.63) is 12.2 Å². The summed E-state index contributed by atoms with van der Waals surface area (Å²) in [6.45, 7) is 0.392. The smallest absolute Gasteiger partial charge is 0.223 e. The molecule has 0 spiro atoms. The topological polar surface area (TPSA) is 70.9 Å². The Labute approximate surface area is 93.8 Å². The maximum Gasteiger partial charge on any atom is 0.223 e. The lowest BCUT2D eigenvalue weighted by Crippen LogP contribution is -2.25. The summed E-state index contributed by atoms with van der Waals surface area (Å²) in [7, 11) is 1.51. The molecule has 15 heavy (non-hydrogen) atoms. The number of carbonyl (C=O) groups is 1. The van der Waals surface area contributed by atoms with E-state index in [0.29, 0.717) is 0 Å². The first-order valence-electron chi connectivity index (χ1n) is 4.43. The molecule has 0 aliphatic rings. The monoisotopic (exact) mass is 234 g/mol. The van der Waals surface area contributed by atoms with Crippen LogP contribution in [0.2, 0.25) is 0 Å². The molecule has 1 amide bonds. The highest BCUT2D eigenvalue weighted by Gasteiger charge is 1.95. The van der Waals surface area contributed by atoms with Gasteiger partial charge in [-0.25, -0.2) is 4.99 Å². The van der Waals surface area contributed by atoms with Crippen LogP contribution in [0, 0.1) is 0 Å². The predicted octanol–water partition coefficient (Wildman–Crippen LogP) is 0.282. The van der Waals surface area contributed by atoms with Gasteiger partial charge in [-0.15, -0.1) is 0 Å². The van der Waals surface area contributed by atoms with Crippen molar-refractivity contribution >= 4 is 22.7 Å². The number of rotatable bonds is 7. The third-order valence-corrected chi connectivity index (χ3v) is 1.58. The third kappa shape index (κ3) is 9.40. The summed E-state index contributed by atoms with van der Waals surface area (Å²) in [5.74, 6) is -0.170. The van der Waals surface area contributed by atoms with E-state index < -0.39 is 0 Å². The van der Waals surface area contributed by atoms with E-state index in [4.69, 9.17) is 16.7 Å². The molecule has 0 saturated heterocycles. The molecule has 0 saturated carbocycles. The standard InChI is InChI=1S/C9H15ClN2O3/c1-15-7-12-8(10)3-2-4-9(14)11-5-6-13/h2-3,13H,4-7H2,1H3,(H,11,14)/b3-2-,12-8+. The third-order valence-electron chi connectivity index (χ3n) is 1.34. The fourth-order valence-electron chi connectivity index (χ4n) is 0.710. The van der Waals surface area contributed by atoms with Crippen molar-refractivity contribution in [2.75, 3.05) is 27.0 Å². The molecule has 0 radical (unpaired) electrons. The summed E-state index contributed by atoms with van der Waals surface area (Å²) in [6.07, 6.45) is 3.33. The maximum atomic E-state index is 11.0. The zero-order valence-electron chi connectivity index (χ0n) is 8.57. The molecule has 0 rings (SSSR count). The molecule has 0 fully saturated rings. The fourth-order valence-corrected chi connectivity index (χ4v) is 0.848. The van der Waals surface area contributed by atoms with Crippen molar-refractivity contribution in [3.63, 3.8) is 0 Å². The second-order valence-electron chi connectivity index (χ2n) is 2.58. The van der Waals surface area contributed by atoms with Gasteiger partial charge in [-0.2, -0.15) is 0 Å². The molecule has 2 N–H and O–H groups in total. The Morgan fingerprint density at radius 2 is 2.40 bits per heavy atom. The van der Waals surface area contributed by atoms with Crippen LogP contribution in [-0.2, 0) is 9.53 Å². The van der Waals surface area contributed by atoms with Gasteiger partial charge in [0.2, 0.25) is 5.91 Å². The van der Waals surface area contributed by atoms with E-state index in [1.807, 2.05) is 0 Å². The lowest BCUT2D eigenvalue weighted by molar-refractivity contribution is -0.120. The van der Waals surface area contributed by atoms with Crippen LogP contribution in [0.3, 0.4) is 0 Å². The van der Waals surface area contributed by atoms with Crippen molar-refractivity contribution < 1.29 is 14.6 Å². The van der Waals surface area contributed by atoms with Crippen molar-refractivity contribution in [3.8, 4) is 0 Å². The number of halogens is 1. The molecule has 0 unspecified atom stereocenters. The van der Waals surface area contributed by atoms with Gasteiger partial charge in [0.15, 0.2) is 0 Å². The first-order valence-corrected chi connectivity index (χ1v) is 4.81. The highest BCUT2D eigenvalue weighted by Crippen LogP contribution is 1.91. The number of carbonyl (C=O) groups excluding carboxylic acids is 1. The minimum Gasteiger partial charge on any atom is -0.395 e. The van der Waals surface area contributed by atoms with E-state index in [9.17, 15) is 4.79 Å². The number of nitrogens with one attached hydrogen (secondary N) is 1. The van der Waals surface area contributed by atoms with Crippen LogP contribution < -0.4 is 5.32 Å². The molecule has 0 aliphatic heterocycles. The van der Waals surface area contributed by atoms with E-state index >= 15 is 0 Å². The minimum absolute atomic E-state index is 0.0640. The van der Waals surface area contributed by atoms with Crippen molar-refractivity contribution in [2.24, 2.45) is 4.99 Å². The molecule has 0 aromatic rings. The van der Waals surface area contributed by atoms with Gasteiger partial charge < -0.3 is 15.2 Å². The van der Waals surface area contributed by atoms with Gasteiger partial charge in [-0.05, 0) is 6.08 Å². The van der Waals surface area contributed by atoms with E-state index in [0.717, 1.165) is 0 Å². The molecular formula is C9H15ClN2O3. The average Bonchev–Trinajstić information content (AvgIpc) is 2.23. The molecule has 0 aromatic heterocycles. The number of hydrogen-bond acceptors (Lipinski definition) is 4. The lowest BCUT2D eigenvalue weighted by Gasteiger charge is -1.98. The van der Waals surface area contributed by atoms with Gasteiger partial charge in [0.05, 0.1) is 6.61 Å². The number of aliphatic hydroxyl groups excluding tert-OH is 1. The Bertz CT molecular complexity index is 242. The van der Waals surface area contributed by atoms with E-state index in [2.05, 4.69) is 15.0 Å². The van der Waals surface area contributed by atoms with Crippen molar-refractivity contribution in [1.82, 2.24) is 5.32 Å². The van der Waals surface area contributed by atoms with Gasteiger partial charge in [-0.3, -0.25) is 4.79 Å². The summed E-state index contributed by atoms with van der Waals surface area (Å²) in [4.78, 5) is 14.8. The maximum absolute atomic E-state index is 11.0. The van der Waals surface area contributed by atoms with Crippen LogP contribution in [0.5, 0.6) is 0 Å². The number of allylic oxidation sites excluding steroid dienone is 1. The van der Waals surface area contributed by atoms with Crippen LogP contribution in [0.4, 0.5) is 0 Å². The second kappa shape index (κ2) is 9.64. The Kier molecular flexibility index (Phi) is 9.05. The number of nitrogens with zero attached hydrogens (tertiary/aromatic N) is 1. The Hall–Kier alpha value is -0.910. The van der Waals surface area contributed by atoms with Crippen LogP contribution in [0.1, 0.15) is 6.42 Å². The van der Waals surface area contributed by atoms with E-state index in [1.54, 1.807) is 6.08 Å². The summed E-state index contributed by atoms with van der Waals surface area (Å²) in [6, 6.07) is 0. The van der Waals surface area contributed by atoms with Crippen LogP contribution >= 0.6 is 11.6 Å². The highest BCUT2D eigenvalue weighted by atomic mass is 35.5. The molecular weight excluding hydrogens is 220 g/mol. The molecule has 0 heterocycles. The summed E-state index contributed by atoms with van der Waals surface area (Å²) in [5, 5.41) is 11.2. The molecule has 0 aliphatic carbocycles. The first kappa shape index (κ1) is 14.1. The number of amides is 1. The molecule has 5 nitrogen and oxygen atoms in total. The number of hydrogen-bond donors (Lipinski definition) is 2. The van der Waals surface area contributed by atoms with Crippen LogP contribution in [0.25, 0.3) is 0 Å². The predicted molar refractivity (Wildman–Crippen MR) is 59.0 cm³/mol. The Morgan fingerprint density at radius 3 is 3.00 bits per heavy atom. The molecule has 0 atom stereocenters. The molecule has 0 aromatic carbocycles. The van der Waals surface area contributed by atoms with Gasteiger partial charge >= 0.3 is 0 Å². The average molecular weight is 235 g/mol. The van der Waals surface area contributed by atoms with Crippen molar-refractivity contribution in [2.45, 2.75) is 6.42 Å². The Balaban J connectivity index is 3.73. The number of aliphatic hydroxyl groups is 1. The second-order valence-corrected chi connectivity index (χ2v) is 2.97. The fraction of sp³-hybridized carbons (Fsp3) is 0.556. The normalized spacial score (nSPS) is 12.1. The van der Waals surface area contributed by atoms with Crippen LogP contribution in [-0.4, -0.2) is 43.2 Å². The highest BCUT2D eigenvalue weighted by molar-refractivity contribution is 6.68. The summed E-state index contributed by atoms with van der Waals surface area (Å²) < 4.78 is 4.68. The lowest BCUT2D eigenvalue weighted by atomic mass is 10.3. The SMILES string of the molecule is COC/N=C(Cl)\C=C/CC(=O)NCCO. The molecule has 6 heteroatoms. The molecule has 86 valence electrons. The van der Waals surface area contributed by atoms with E-state index in [1.165, 1.54) is 13.2 Å². The van der Waals surface area contributed by atoms with Gasteiger partial charge in [0, 0.05) is 20.1 Å². The quantitative estimate of drug-likeness (QED) is 0.622. The van der Waals surface area contributed by atoms with Gasteiger partial charge in [0.1, 0.15) is 11.9 Å². The number of aliphatic imine (C=N–C) groups is 1. The zero-order chi connectivity index (χ0) is 11.5. The zero-order valence-corrected chi connectivity index (χ0v) is 9.33. The molecule has 0 bridgehead atoms. The largest absolute Gasteiger partial charge is 0.395 e. The summed E-state index contributed by atoms with van der Waals surface area (Å²) >= 11 is 5.66. The van der Waals surface area contributed by atoms with Gasteiger partial charge in [-0.1, -0.05) is 17.7 Å². The van der Waals surface area contributed by atoms with E-state index in [-0.39, 0.29) is 37.4 Å². The number of ether oxygens (including phenoxy) is 1.